The third-order valence-electron chi connectivity index (χ3n) is 2.96. The van der Waals surface area contributed by atoms with Crippen molar-refractivity contribution in [2.75, 3.05) is 27.2 Å². The van der Waals surface area contributed by atoms with Crippen molar-refractivity contribution < 1.29 is 0 Å². The quantitative estimate of drug-likeness (QED) is 0.560. The molecular weight excluding hydrogens is 198 g/mol. The first-order valence-electron chi connectivity index (χ1n) is 6.49. The van der Waals surface area contributed by atoms with E-state index >= 15 is 0 Å². The predicted octanol–water partition coefficient (Wildman–Crippen LogP) is 2.17. The SMILES string of the molecule is CCC(C)N(C)/C=C\NCCCCCNC. The molecule has 0 radical (unpaired) electrons. The molecule has 0 saturated heterocycles. The van der Waals surface area contributed by atoms with E-state index in [9.17, 15) is 0 Å². The summed E-state index contributed by atoms with van der Waals surface area (Å²) < 4.78 is 0. The van der Waals surface area contributed by atoms with Crippen molar-refractivity contribution in [3.63, 3.8) is 0 Å². The first kappa shape index (κ1) is 15.3. The van der Waals surface area contributed by atoms with Crippen molar-refractivity contribution in [3.05, 3.63) is 12.4 Å². The molecule has 1 atom stereocenters. The molecule has 1 unspecified atom stereocenters. The molecular formula is C13H29N3. The number of nitrogens with zero attached hydrogens (tertiary/aromatic N) is 1. The molecule has 0 rings (SSSR count). The van der Waals surface area contributed by atoms with Gasteiger partial charge in [-0.15, -0.1) is 0 Å². The van der Waals surface area contributed by atoms with Gasteiger partial charge in [-0.3, -0.25) is 0 Å². The molecule has 3 heteroatoms. The van der Waals surface area contributed by atoms with E-state index in [1.807, 2.05) is 7.05 Å². The molecule has 0 heterocycles. The standard InChI is InChI=1S/C13H29N3/c1-5-13(2)16(4)12-11-15-10-8-6-7-9-14-3/h11-15H,5-10H2,1-4H3/b12-11-. The zero-order valence-electron chi connectivity index (χ0n) is 11.4. The number of unbranched alkanes of at least 4 members (excludes halogenated alkanes) is 2. The Kier molecular flexibility index (Phi) is 10.3. The summed E-state index contributed by atoms with van der Waals surface area (Å²) in [6.07, 6.45) is 9.19. The Labute approximate surface area is 101 Å². The van der Waals surface area contributed by atoms with Gasteiger partial charge in [0, 0.05) is 32.0 Å². The minimum Gasteiger partial charge on any atom is -0.390 e. The summed E-state index contributed by atoms with van der Waals surface area (Å²) in [5, 5.41) is 6.49. The summed E-state index contributed by atoms with van der Waals surface area (Å²) >= 11 is 0. The van der Waals surface area contributed by atoms with Gasteiger partial charge in [0.1, 0.15) is 0 Å². The number of nitrogens with one attached hydrogen (secondary N) is 2. The van der Waals surface area contributed by atoms with E-state index in [2.05, 4.69) is 48.8 Å². The first-order valence-corrected chi connectivity index (χ1v) is 6.49. The fourth-order valence-electron chi connectivity index (χ4n) is 1.39. The van der Waals surface area contributed by atoms with Gasteiger partial charge in [0.05, 0.1) is 0 Å². The van der Waals surface area contributed by atoms with Crippen LogP contribution in [0.25, 0.3) is 0 Å². The molecule has 0 aliphatic rings. The average Bonchev–Trinajstić information content (AvgIpc) is 2.31. The molecule has 3 nitrogen and oxygen atoms in total. The minimum absolute atomic E-state index is 0.619. The third kappa shape index (κ3) is 8.60. The van der Waals surface area contributed by atoms with E-state index in [0.29, 0.717) is 6.04 Å². The van der Waals surface area contributed by atoms with Crippen LogP contribution in [0.5, 0.6) is 0 Å². The molecule has 0 amide bonds. The van der Waals surface area contributed by atoms with Gasteiger partial charge in [0.2, 0.25) is 0 Å². The highest BCUT2D eigenvalue weighted by atomic mass is 15.1. The number of hydrogen-bond acceptors (Lipinski definition) is 3. The summed E-state index contributed by atoms with van der Waals surface area (Å²) in [5.74, 6) is 0. The van der Waals surface area contributed by atoms with E-state index < -0.39 is 0 Å². The highest BCUT2D eigenvalue weighted by Crippen LogP contribution is 1.99. The molecule has 0 aromatic heterocycles. The zero-order chi connectivity index (χ0) is 12.2. The molecule has 0 fully saturated rings. The van der Waals surface area contributed by atoms with Gasteiger partial charge in [-0.05, 0) is 39.8 Å². The van der Waals surface area contributed by atoms with Crippen molar-refractivity contribution in [2.45, 2.75) is 45.6 Å². The Bertz CT molecular complexity index is 169. The van der Waals surface area contributed by atoms with Crippen molar-refractivity contribution in [2.24, 2.45) is 0 Å². The monoisotopic (exact) mass is 227 g/mol. The summed E-state index contributed by atoms with van der Waals surface area (Å²) in [6.45, 7) is 6.66. The normalized spacial score (nSPS) is 13.0. The summed E-state index contributed by atoms with van der Waals surface area (Å²) in [6, 6.07) is 0.619. The zero-order valence-corrected chi connectivity index (χ0v) is 11.4. The Balaban J connectivity index is 3.33. The maximum Gasteiger partial charge on any atom is 0.0250 e. The maximum atomic E-state index is 3.33. The van der Waals surface area contributed by atoms with Crippen LogP contribution in [0, 0.1) is 0 Å². The molecule has 0 aromatic rings. The van der Waals surface area contributed by atoms with Gasteiger partial charge in [-0.2, -0.15) is 0 Å². The second-order valence-electron chi connectivity index (χ2n) is 4.36. The van der Waals surface area contributed by atoms with Crippen LogP contribution in [0.3, 0.4) is 0 Å². The molecule has 2 N–H and O–H groups in total. The largest absolute Gasteiger partial charge is 0.390 e. The Morgan fingerprint density at radius 1 is 1.19 bits per heavy atom. The molecule has 0 aliphatic heterocycles. The first-order chi connectivity index (χ1) is 7.72. The van der Waals surface area contributed by atoms with Crippen LogP contribution in [0.4, 0.5) is 0 Å². The van der Waals surface area contributed by atoms with Gasteiger partial charge < -0.3 is 15.5 Å². The van der Waals surface area contributed by atoms with Crippen molar-refractivity contribution >= 4 is 0 Å². The molecule has 16 heavy (non-hydrogen) atoms. The van der Waals surface area contributed by atoms with E-state index in [1.165, 1.54) is 25.7 Å². The van der Waals surface area contributed by atoms with Crippen molar-refractivity contribution in [3.8, 4) is 0 Å². The van der Waals surface area contributed by atoms with E-state index in [4.69, 9.17) is 0 Å². The highest BCUT2D eigenvalue weighted by Gasteiger charge is 1.99. The van der Waals surface area contributed by atoms with Crippen LogP contribution >= 0.6 is 0 Å². The minimum atomic E-state index is 0.619. The van der Waals surface area contributed by atoms with Crippen LogP contribution in [-0.2, 0) is 0 Å². The molecule has 0 spiro atoms. The van der Waals surface area contributed by atoms with Crippen molar-refractivity contribution in [1.29, 1.82) is 0 Å². The Morgan fingerprint density at radius 3 is 2.50 bits per heavy atom. The smallest absolute Gasteiger partial charge is 0.0250 e. The van der Waals surface area contributed by atoms with Crippen LogP contribution in [0.2, 0.25) is 0 Å². The highest BCUT2D eigenvalue weighted by molar-refractivity contribution is 4.81. The van der Waals surface area contributed by atoms with E-state index in [1.54, 1.807) is 0 Å². The van der Waals surface area contributed by atoms with Gasteiger partial charge in [-0.25, -0.2) is 0 Å². The fourth-order valence-corrected chi connectivity index (χ4v) is 1.39. The molecule has 0 aromatic carbocycles. The molecule has 0 saturated carbocycles. The fraction of sp³-hybridized carbons (Fsp3) is 0.846. The second kappa shape index (κ2) is 10.8. The van der Waals surface area contributed by atoms with Gasteiger partial charge in [0.25, 0.3) is 0 Å². The lowest BCUT2D eigenvalue weighted by atomic mass is 10.2. The summed E-state index contributed by atoms with van der Waals surface area (Å²) in [7, 11) is 4.13. The van der Waals surface area contributed by atoms with Crippen LogP contribution in [0.1, 0.15) is 39.5 Å². The predicted molar refractivity (Wildman–Crippen MR) is 72.4 cm³/mol. The number of rotatable bonds is 10. The van der Waals surface area contributed by atoms with Gasteiger partial charge in [-0.1, -0.05) is 13.3 Å². The maximum absolute atomic E-state index is 3.33. The van der Waals surface area contributed by atoms with Crippen LogP contribution < -0.4 is 10.6 Å². The lowest BCUT2D eigenvalue weighted by molar-refractivity contribution is 0.342. The molecule has 0 bridgehead atoms. The topological polar surface area (TPSA) is 27.3 Å². The van der Waals surface area contributed by atoms with Crippen LogP contribution in [0.15, 0.2) is 12.4 Å². The van der Waals surface area contributed by atoms with E-state index in [-0.39, 0.29) is 0 Å². The lowest BCUT2D eigenvalue weighted by Gasteiger charge is -2.21. The van der Waals surface area contributed by atoms with Crippen LogP contribution in [-0.4, -0.2) is 38.1 Å². The molecule has 96 valence electrons. The molecule has 0 aliphatic carbocycles. The average molecular weight is 227 g/mol. The lowest BCUT2D eigenvalue weighted by Crippen LogP contribution is -2.23. The Morgan fingerprint density at radius 2 is 1.88 bits per heavy atom. The third-order valence-corrected chi connectivity index (χ3v) is 2.96. The van der Waals surface area contributed by atoms with Crippen molar-refractivity contribution in [1.82, 2.24) is 15.5 Å². The van der Waals surface area contributed by atoms with Gasteiger partial charge >= 0.3 is 0 Å². The second-order valence-corrected chi connectivity index (χ2v) is 4.36. The Hall–Kier alpha value is -0.700. The van der Waals surface area contributed by atoms with Gasteiger partial charge in [0.15, 0.2) is 0 Å². The summed E-state index contributed by atoms with van der Waals surface area (Å²) in [5.41, 5.74) is 0. The number of hydrogen-bond donors (Lipinski definition) is 2. The summed E-state index contributed by atoms with van der Waals surface area (Å²) in [4.78, 5) is 2.24. The van der Waals surface area contributed by atoms with E-state index in [0.717, 1.165) is 13.1 Å².